The smallest absolute Gasteiger partial charge is 0.266 e. The lowest BCUT2D eigenvalue weighted by molar-refractivity contribution is -0.121. The van der Waals surface area contributed by atoms with Crippen LogP contribution in [0.4, 0.5) is 0 Å². The number of hydrogen-bond donors (Lipinski definition) is 0. The topological polar surface area (TPSA) is 47.4 Å². The zero-order valence-electron chi connectivity index (χ0n) is 19.3. The van der Waals surface area contributed by atoms with Gasteiger partial charge in [0.1, 0.15) is 10.1 Å². The van der Waals surface area contributed by atoms with Crippen LogP contribution in [0.2, 0.25) is 0 Å². The first kappa shape index (κ1) is 24.0. The monoisotopic (exact) mass is 489 g/mol. The molecule has 1 aliphatic rings. The summed E-state index contributed by atoms with van der Waals surface area (Å²) in [5.41, 5.74) is 3.51. The SMILES string of the molecule is C=CCN1C(=O)/C(=C/c2cn(-c3ccccc3)nc2-c2ccc(OCCC(C)C)cc2)SC1=S. The highest BCUT2D eigenvalue weighted by molar-refractivity contribution is 8.26. The number of thiocarbonyl (C=S) groups is 1. The fraction of sp³-hybridized carbons (Fsp3) is 0.222. The lowest BCUT2D eigenvalue weighted by Gasteiger charge is -2.10. The Labute approximate surface area is 210 Å². The van der Waals surface area contributed by atoms with E-state index in [1.165, 1.54) is 11.8 Å². The summed E-state index contributed by atoms with van der Waals surface area (Å²) in [7, 11) is 0. The first-order chi connectivity index (χ1) is 16.5. The van der Waals surface area contributed by atoms with Crippen molar-refractivity contribution in [2.24, 2.45) is 5.92 Å². The lowest BCUT2D eigenvalue weighted by Crippen LogP contribution is -2.27. The van der Waals surface area contributed by atoms with Crippen molar-refractivity contribution in [3.63, 3.8) is 0 Å². The minimum atomic E-state index is -0.109. The molecule has 7 heteroatoms. The van der Waals surface area contributed by atoms with E-state index in [-0.39, 0.29) is 5.91 Å². The second kappa shape index (κ2) is 10.8. The predicted molar refractivity (Wildman–Crippen MR) is 144 cm³/mol. The molecule has 174 valence electrons. The molecular weight excluding hydrogens is 462 g/mol. The number of aromatic nitrogens is 2. The van der Waals surface area contributed by atoms with Gasteiger partial charge in [0.15, 0.2) is 0 Å². The van der Waals surface area contributed by atoms with Gasteiger partial charge in [-0.1, -0.05) is 62.1 Å². The summed E-state index contributed by atoms with van der Waals surface area (Å²) in [5, 5.41) is 4.86. The van der Waals surface area contributed by atoms with E-state index in [1.54, 1.807) is 11.0 Å². The molecule has 2 heterocycles. The first-order valence-electron chi connectivity index (χ1n) is 11.2. The number of ether oxygens (including phenoxy) is 1. The van der Waals surface area contributed by atoms with Crippen LogP contribution in [-0.4, -0.2) is 38.1 Å². The molecule has 2 aromatic carbocycles. The van der Waals surface area contributed by atoms with Crippen LogP contribution in [0.1, 0.15) is 25.8 Å². The Morgan fingerprint density at radius 1 is 1.15 bits per heavy atom. The van der Waals surface area contributed by atoms with Gasteiger partial charge in [0.25, 0.3) is 5.91 Å². The van der Waals surface area contributed by atoms with Gasteiger partial charge in [0.05, 0.1) is 22.9 Å². The third-order valence-electron chi connectivity index (χ3n) is 5.33. The van der Waals surface area contributed by atoms with Crippen molar-refractivity contribution < 1.29 is 9.53 Å². The van der Waals surface area contributed by atoms with Gasteiger partial charge in [0.2, 0.25) is 0 Å². The highest BCUT2D eigenvalue weighted by Gasteiger charge is 2.31. The highest BCUT2D eigenvalue weighted by Crippen LogP contribution is 2.35. The van der Waals surface area contributed by atoms with E-state index >= 15 is 0 Å². The maximum Gasteiger partial charge on any atom is 0.266 e. The van der Waals surface area contributed by atoms with Crippen molar-refractivity contribution in [3.05, 3.63) is 83.9 Å². The maximum atomic E-state index is 12.9. The standard InChI is InChI=1S/C27H27N3O2S2/c1-4-15-29-26(31)24(34-27(29)33)17-21-18-30(22-8-6-5-7-9-22)28-25(21)20-10-12-23(13-11-20)32-16-14-19(2)3/h4-13,17-19H,1,14-16H2,2-3H3/b24-17-. The first-order valence-corrected chi connectivity index (χ1v) is 12.4. The van der Waals surface area contributed by atoms with Crippen LogP contribution in [0.3, 0.4) is 0 Å². The molecule has 0 saturated carbocycles. The summed E-state index contributed by atoms with van der Waals surface area (Å²) in [5.74, 6) is 1.32. The van der Waals surface area contributed by atoms with Crippen LogP contribution in [0, 0.1) is 5.92 Å². The van der Waals surface area contributed by atoms with Gasteiger partial charge < -0.3 is 4.74 Å². The van der Waals surface area contributed by atoms with Gasteiger partial charge in [-0.25, -0.2) is 4.68 Å². The van der Waals surface area contributed by atoms with Crippen molar-refractivity contribution in [2.75, 3.05) is 13.2 Å². The third-order valence-corrected chi connectivity index (χ3v) is 6.70. The van der Waals surface area contributed by atoms with Crippen LogP contribution < -0.4 is 4.74 Å². The average molecular weight is 490 g/mol. The molecular formula is C27H27N3O2S2. The lowest BCUT2D eigenvalue weighted by atomic mass is 10.1. The number of nitrogens with zero attached hydrogens (tertiary/aromatic N) is 3. The van der Waals surface area contributed by atoms with E-state index < -0.39 is 0 Å². The number of thioether (sulfide) groups is 1. The molecule has 1 aromatic heterocycles. The van der Waals surface area contributed by atoms with Crippen molar-refractivity contribution in [1.29, 1.82) is 0 Å². The zero-order chi connectivity index (χ0) is 24.1. The minimum Gasteiger partial charge on any atom is -0.494 e. The van der Waals surface area contributed by atoms with E-state index in [2.05, 4.69) is 20.4 Å². The highest BCUT2D eigenvalue weighted by atomic mass is 32.2. The molecule has 34 heavy (non-hydrogen) atoms. The quantitative estimate of drug-likeness (QED) is 0.199. The Kier molecular flexibility index (Phi) is 7.65. The predicted octanol–water partition coefficient (Wildman–Crippen LogP) is 6.35. The number of benzene rings is 2. The van der Waals surface area contributed by atoms with Gasteiger partial charge in [-0.05, 0) is 54.8 Å². The molecule has 0 aliphatic carbocycles. The van der Waals surface area contributed by atoms with Crippen LogP contribution in [-0.2, 0) is 4.79 Å². The summed E-state index contributed by atoms with van der Waals surface area (Å²) in [6.07, 6.45) is 6.50. The van der Waals surface area contributed by atoms with Crippen LogP contribution in [0.15, 0.2) is 78.4 Å². The van der Waals surface area contributed by atoms with Gasteiger partial charge in [-0.15, -0.1) is 6.58 Å². The van der Waals surface area contributed by atoms with Crippen molar-refractivity contribution in [3.8, 4) is 22.7 Å². The number of amides is 1. The Bertz CT molecular complexity index is 1210. The zero-order valence-corrected chi connectivity index (χ0v) is 20.9. The number of carbonyl (C=O) groups is 1. The number of carbonyl (C=O) groups excluding carboxylic acids is 1. The van der Waals surface area contributed by atoms with E-state index in [1.807, 2.05) is 71.6 Å². The fourth-order valence-electron chi connectivity index (χ4n) is 3.48. The Hall–Kier alpha value is -3.16. The molecule has 1 saturated heterocycles. The van der Waals surface area contributed by atoms with Gasteiger partial charge >= 0.3 is 0 Å². The van der Waals surface area contributed by atoms with E-state index in [4.69, 9.17) is 22.1 Å². The van der Waals surface area contributed by atoms with Crippen molar-refractivity contribution in [2.45, 2.75) is 20.3 Å². The summed E-state index contributed by atoms with van der Waals surface area (Å²) in [4.78, 5) is 15.0. The van der Waals surface area contributed by atoms with Crippen LogP contribution >= 0.6 is 24.0 Å². The Morgan fingerprint density at radius 2 is 1.88 bits per heavy atom. The molecule has 5 nitrogen and oxygen atoms in total. The van der Waals surface area contributed by atoms with Crippen molar-refractivity contribution in [1.82, 2.24) is 14.7 Å². The van der Waals surface area contributed by atoms with Crippen LogP contribution in [0.25, 0.3) is 23.0 Å². The normalized spacial score (nSPS) is 14.9. The minimum absolute atomic E-state index is 0.109. The molecule has 0 unspecified atom stereocenters. The van der Waals surface area contributed by atoms with E-state index in [0.29, 0.717) is 28.3 Å². The van der Waals surface area contributed by atoms with Crippen LogP contribution in [0.5, 0.6) is 5.75 Å². The van der Waals surface area contributed by atoms with Gasteiger partial charge in [-0.3, -0.25) is 9.69 Å². The summed E-state index contributed by atoms with van der Waals surface area (Å²) < 4.78 is 8.24. The second-order valence-corrected chi connectivity index (χ2v) is 10.0. The van der Waals surface area contributed by atoms with Gasteiger partial charge in [-0.2, -0.15) is 5.10 Å². The molecule has 0 bridgehead atoms. The van der Waals surface area contributed by atoms with E-state index in [0.717, 1.165) is 34.7 Å². The number of hydrogen-bond acceptors (Lipinski definition) is 5. The molecule has 1 fully saturated rings. The summed E-state index contributed by atoms with van der Waals surface area (Å²) in [6, 6.07) is 17.8. The van der Waals surface area contributed by atoms with Gasteiger partial charge in [0, 0.05) is 23.9 Å². The number of para-hydroxylation sites is 1. The Balaban J connectivity index is 1.68. The fourth-order valence-corrected chi connectivity index (χ4v) is 4.75. The number of rotatable bonds is 9. The largest absolute Gasteiger partial charge is 0.494 e. The maximum absolute atomic E-state index is 12.9. The van der Waals surface area contributed by atoms with E-state index in [9.17, 15) is 4.79 Å². The molecule has 1 amide bonds. The van der Waals surface area contributed by atoms with Crippen molar-refractivity contribution >= 4 is 40.3 Å². The summed E-state index contributed by atoms with van der Waals surface area (Å²) >= 11 is 6.70. The molecule has 4 rings (SSSR count). The summed E-state index contributed by atoms with van der Waals surface area (Å²) in [6.45, 7) is 9.18. The molecule has 0 radical (unpaired) electrons. The molecule has 0 atom stereocenters. The Morgan fingerprint density at radius 3 is 2.56 bits per heavy atom. The third kappa shape index (κ3) is 5.48. The average Bonchev–Trinajstić information content (AvgIpc) is 3.37. The molecule has 0 N–H and O–H groups in total. The molecule has 1 aliphatic heterocycles. The molecule has 0 spiro atoms. The molecule has 3 aromatic rings. The second-order valence-electron chi connectivity index (χ2n) is 8.35.